The summed E-state index contributed by atoms with van der Waals surface area (Å²) in [6.07, 6.45) is 2.45. The second-order valence-corrected chi connectivity index (χ2v) is 7.45. The van der Waals surface area contributed by atoms with Crippen molar-refractivity contribution in [3.63, 3.8) is 0 Å². The van der Waals surface area contributed by atoms with Crippen LogP contribution in [0.5, 0.6) is 0 Å². The first-order chi connectivity index (χ1) is 14.4. The van der Waals surface area contributed by atoms with Crippen molar-refractivity contribution in [2.24, 2.45) is 0 Å². The smallest absolute Gasteiger partial charge is 0.305 e. The summed E-state index contributed by atoms with van der Waals surface area (Å²) in [4.78, 5) is 15.9. The van der Waals surface area contributed by atoms with Gasteiger partial charge in [-0.25, -0.2) is 9.50 Å². The van der Waals surface area contributed by atoms with E-state index < -0.39 is 29.9 Å². The number of aliphatic hydroxyl groups is 2. The Morgan fingerprint density at radius 3 is 2.87 bits per heavy atom. The number of rotatable bonds is 9. The first-order valence-electron chi connectivity index (χ1n) is 10.1. The molecule has 0 spiro atoms. The average Bonchev–Trinajstić information content (AvgIpc) is 3.28. The Kier molecular flexibility index (Phi) is 6.87. The van der Waals surface area contributed by atoms with Gasteiger partial charge < -0.3 is 25.4 Å². The van der Waals surface area contributed by atoms with Gasteiger partial charge in [0, 0.05) is 6.42 Å². The maximum atomic E-state index is 12.0. The third-order valence-corrected chi connectivity index (χ3v) is 5.38. The van der Waals surface area contributed by atoms with Gasteiger partial charge in [-0.15, -0.1) is 0 Å². The van der Waals surface area contributed by atoms with E-state index in [2.05, 4.69) is 17.0 Å². The predicted octanol–water partition coefficient (Wildman–Crippen LogP) is 1.05. The third kappa shape index (κ3) is 4.09. The quantitative estimate of drug-likeness (QED) is 0.401. The molecule has 0 aromatic carbocycles. The number of nitriles is 1. The number of carbonyl (C=O) groups excluding carboxylic acids is 1. The molecule has 0 bridgehead atoms. The minimum Gasteiger partial charge on any atom is -0.463 e. The lowest BCUT2D eigenvalue weighted by Crippen LogP contribution is -2.41. The summed E-state index contributed by atoms with van der Waals surface area (Å²) in [5.74, 6) is -0.207. The number of nitrogens with zero attached hydrogens (tertiary/aromatic N) is 4. The summed E-state index contributed by atoms with van der Waals surface area (Å²) in [5.41, 5.74) is 4.56. The van der Waals surface area contributed by atoms with Crippen LogP contribution in [-0.2, 0) is 19.9 Å². The zero-order valence-electron chi connectivity index (χ0n) is 16.9. The van der Waals surface area contributed by atoms with E-state index in [1.165, 1.54) is 16.9 Å². The van der Waals surface area contributed by atoms with E-state index in [4.69, 9.17) is 15.2 Å². The number of anilines is 1. The van der Waals surface area contributed by atoms with Crippen molar-refractivity contribution in [3.05, 3.63) is 24.2 Å². The first-order valence-corrected chi connectivity index (χ1v) is 10.1. The van der Waals surface area contributed by atoms with Crippen LogP contribution in [0.3, 0.4) is 0 Å². The van der Waals surface area contributed by atoms with Gasteiger partial charge in [0.2, 0.25) is 5.60 Å². The maximum absolute atomic E-state index is 12.0. The van der Waals surface area contributed by atoms with E-state index in [1.807, 2.05) is 6.07 Å². The largest absolute Gasteiger partial charge is 0.463 e. The molecule has 4 atom stereocenters. The molecule has 4 N–H and O–H groups in total. The summed E-state index contributed by atoms with van der Waals surface area (Å²) in [6.45, 7) is 1.85. The van der Waals surface area contributed by atoms with Crippen LogP contribution in [0.2, 0.25) is 0 Å². The lowest BCUT2D eigenvalue weighted by Gasteiger charge is -2.24. The molecule has 1 saturated heterocycles. The van der Waals surface area contributed by atoms with Crippen LogP contribution in [-0.4, -0.2) is 55.7 Å². The van der Waals surface area contributed by atoms with Crippen molar-refractivity contribution in [3.8, 4) is 6.07 Å². The van der Waals surface area contributed by atoms with Crippen molar-refractivity contribution >= 4 is 17.3 Å². The predicted molar refractivity (Wildman–Crippen MR) is 106 cm³/mol. The van der Waals surface area contributed by atoms with Gasteiger partial charge in [-0.2, -0.15) is 10.4 Å². The molecule has 3 rings (SSSR count). The lowest BCUT2D eigenvalue weighted by atomic mass is 9.92. The van der Waals surface area contributed by atoms with Crippen molar-refractivity contribution in [1.29, 1.82) is 5.26 Å². The summed E-state index contributed by atoms with van der Waals surface area (Å²) in [7, 11) is 0. The molecule has 2 aromatic rings. The van der Waals surface area contributed by atoms with E-state index in [-0.39, 0.29) is 24.5 Å². The van der Waals surface area contributed by atoms with Crippen LogP contribution in [0.15, 0.2) is 18.5 Å². The molecule has 10 nitrogen and oxygen atoms in total. The molecule has 30 heavy (non-hydrogen) atoms. The molecule has 0 aliphatic carbocycles. The molecule has 2 aromatic heterocycles. The molecule has 1 aliphatic heterocycles. The summed E-state index contributed by atoms with van der Waals surface area (Å²) < 4.78 is 12.3. The number of fused-ring (bicyclic) bond motifs is 1. The highest BCUT2D eigenvalue weighted by Gasteiger charge is 2.57. The van der Waals surface area contributed by atoms with Gasteiger partial charge in [0.25, 0.3) is 0 Å². The molecular formula is C20H27N5O5. The van der Waals surface area contributed by atoms with Crippen LogP contribution >= 0.6 is 0 Å². The summed E-state index contributed by atoms with van der Waals surface area (Å²) in [6, 6.07) is 5.08. The van der Waals surface area contributed by atoms with Crippen LogP contribution in [0, 0.1) is 11.3 Å². The number of aromatic nitrogens is 3. The minimum absolute atomic E-state index is 0.196. The van der Waals surface area contributed by atoms with Crippen LogP contribution < -0.4 is 5.73 Å². The molecule has 0 saturated carbocycles. The number of ether oxygens (including phenoxy) is 2. The minimum atomic E-state index is -1.90. The van der Waals surface area contributed by atoms with Crippen LogP contribution in [0.25, 0.3) is 5.52 Å². The third-order valence-electron chi connectivity index (χ3n) is 5.38. The molecule has 162 valence electrons. The van der Waals surface area contributed by atoms with Crippen LogP contribution in [0.4, 0.5) is 5.82 Å². The van der Waals surface area contributed by atoms with Gasteiger partial charge in [-0.1, -0.05) is 32.6 Å². The Morgan fingerprint density at radius 1 is 1.37 bits per heavy atom. The number of hydrogen-bond donors (Lipinski definition) is 3. The number of unbranched alkanes of at least 4 members (excludes halogenated alkanes) is 4. The number of carbonyl (C=O) groups is 1. The molecule has 10 heteroatoms. The lowest BCUT2D eigenvalue weighted by molar-refractivity contribution is -0.150. The Bertz CT molecular complexity index is 926. The van der Waals surface area contributed by atoms with E-state index >= 15 is 0 Å². The fourth-order valence-electron chi connectivity index (χ4n) is 3.67. The van der Waals surface area contributed by atoms with E-state index in [0.717, 1.165) is 32.1 Å². The fraction of sp³-hybridized carbons (Fsp3) is 0.600. The van der Waals surface area contributed by atoms with Crippen molar-refractivity contribution < 1.29 is 24.5 Å². The standard InChI is InChI=1S/C20H27N5O5/c1-2-3-4-5-6-7-16(26)29-10-14-17(27)18(28)20(11-21,30-14)15-9-8-13-19(22)23-12-24-25(13)15/h8-9,12,14,17-18,27-28H,2-7,10H2,1H3,(H2,22,23,24)/t14-,17-,18-,20+/m1/s1. The topological polar surface area (TPSA) is 156 Å². The van der Waals surface area contributed by atoms with E-state index in [9.17, 15) is 20.3 Å². The number of hydrogen-bond acceptors (Lipinski definition) is 9. The normalized spacial score (nSPS) is 26.0. The highest BCUT2D eigenvalue weighted by Crippen LogP contribution is 2.40. The van der Waals surface area contributed by atoms with E-state index in [0.29, 0.717) is 5.52 Å². The van der Waals surface area contributed by atoms with Crippen molar-refractivity contribution in [1.82, 2.24) is 14.6 Å². The first kappa shape index (κ1) is 22.0. The summed E-state index contributed by atoms with van der Waals surface area (Å²) >= 11 is 0. The van der Waals surface area contributed by atoms with Crippen molar-refractivity contribution in [2.45, 2.75) is 69.4 Å². The van der Waals surface area contributed by atoms with Gasteiger partial charge in [0.15, 0.2) is 5.82 Å². The van der Waals surface area contributed by atoms with Crippen molar-refractivity contribution in [2.75, 3.05) is 12.3 Å². The Labute approximate surface area is 174 Å². The average molecular weight is 417 g/mol. The van der Waals surface area contributed by atoms with Gasteiger partial charge in [-0.3, -0.25) is 4.79 Å². The molecular weight excluding hydrogens is 390 g/mol. The number of aliphatic hydroxyl groups excluding tert-OH is 2. The van der Waals surface area contributed by atoms with Gasteiger partial charge in [0.1, 0.15) is 42.8 Å². The van der Waals surface area contributed by atoms with Gasteiger partial charge in [0.05, 0.1) is 5.69 Å². The molecule has 0 unspecified atom stereocenters. The van der Waals surface area contributed by atoms with Gasteiger partial charge in [-0.05, 0) is 18.6 Å². The number of nitrogens with two attached hydrogens (primary N) is 1. The maximum Gasteiger partial charge on any atom is 0.305 e. The Balaban J connectivity index is 1.68. The second-order valence-electron chi connectivity index (χ2n) is 7.45. The zero-order valence-corrected chi connectivity index (χ0v) is 16.9. The number of nitrogen functional groups attached to an aromatic ring is 1. The Hall–Kier alpha value is -2.74. The fourth-order valence-corrected chi connectivity index (χ4v) is 3.67. The number of esters is 1. The zero-order chi connectivity index (χ0) is 21.7. The summed E-state index contributed by atoms with van der Waals surface area (Å²) in [5, 5.41) is 35.0. The molecule has 3 heterocycles. The Morgan fingerprint density at radius 2 is 2.13 bits per heavy atom. The van der Waals surface area contributed by atoms with E-state index in [1.54, 1.807) is 6.07 Å². The highest BCUT2D eigenvalue weighted by atomic mass is 16.6. The molecule has 0 radical (unpaired) electrons. The monoisotopic (exact) mass is 417 g/mol. The molecule has 1 fully saturated rings. The molecule has 0 amide bonds. The van der Waals surface area contributed by atoms with Crippen LogP contribution in [0.1, 0.15) is 51.1 Å². The SMILES string of the molecule is CCCCCCCC(=O)OC[C@H]1O[C@@](C#N)(c2ccc3c(N)ncnn23)[C@H](O)[C@@H]1O. The second kappa shape index (κ2) is 9.38. The highest BCUT2D eigenvalue weighted by molar-refractivity contribution is 5.69. The molecule has 1 aliphatic rings. The van der Waals surface area contributed by atoms with Gasteiger partial charge >= 0.3 is 5.97 Å².